The highest BCUT2D eigenvalue weighted by molar-refractivity contribution is 7.92. The van der Waals surface area contributed by atoms with E-state index in [1.807, 2.05) is 6.07 Å². The Balaban J connectivity index is 1.54. The van der Waals surface area contributed by atoms with Gasteiger partial charge in [0.2, 0.25) is 5.88 Å². The molecule has 0 radical (unpaired) electrons. The number of aromatic nitrogens is 2. The molecule has 2 aromatic rings. The van der Waals surface area contributed by atoms with Crippen LogP contribution in [0.25, 0.3) is 0 Å². The first-order chi connectivity index (χ1) is 15.7. The Hall–Kier alpha value is -2.48. The van der Waals surface area contributed by atoms with E-state index in [4.69, 9.17) is 14.6 Å². The first-order valence-electron chi connectivity index (χ1n) is 10.6. The molecule has 2 atom stereocenters. The lowest BCUT2D eigenvalue weighted by molar-refractivity contribution is 0.248. The van der Waals surface area contributed by atoms with Crippen LogP contribution in [0.2, 0.25) is 0 Å². The quantitative estimate of drug-likeness (QED) is 0.639. The van der Waals surface area contributed by atoms with Crippen molar-refractivity contribution in [2.75, 3.05) is 25.0 Å². The van der Waals surface area contributed by atoms with Crippen LogP contribution in [0, 0.1) is 0 Å². The van der Waals surface area contributed by atoms with Crippen LogP contribution >= 0.6 is 0 Å². The van der Waals surface area contributed by atoms with Crippen LogP contribution in [0.4, 0.5) is 10.5 Å². The second-order valence-electron chi connectivity index (χ2n) is 8.39. The van der Waals surface area contributed by atoms with Gasteiger partial charge in [0, 0.05) is 7.11 Å². The summed E-state index contributed by atoms with van der Waals surface area (Å²) in [6.07, 6.45) is 4.75. The number of nitrogens with one attached hydrogen (secondary N) is 1. The molecular weight excluding hydrogens is 470 g/mol. The monoisotopic (exact) mass is 495 g/mol. The number of carbonyl (C=O) groups is 1. The summed E-state index contributed by atoms with van der Waals surface area (Å²) in [7, 11) is -5.87. The molecule has 1 aliphatic heterocycles. The molecule has 178 valence electrons. The Morgan fingerprint density at radius 2 is 2.15 bits per heavy atom. The molecule has 13 heteroatoms. The number of nitrogens with two attached hydrogens (primary N) is 1. The minimum atomic E-state index is -3.62. The Morgan fingerprint density at radius 1 is 1.33 bits per heavy atom. The molecule has 0 unspecified atom stereocenters. The first-order valence-corrected chi connectivity index (χ1v) is 13.9. The third-order valence-electron chi connectivity index (χ3n) is 6.31. The molecule has 0 saturated carbocycles. The maximum absolute atomic E-state index is 13.1. The zero-order valence-corrected chi connectivity index (χ0v) is 19.7. The number of methoxy groups -OCH3 is 1. The molecule has 0 bridgehead atoms. The van der Waals surface area contributed by atoms with E-state index in [-0.39, 0.29) is 10.8 Å². The van der Waals surface area contributed by atoms with Crippen LogP contribution in [0.15, 0.2) is 21.5 Å². The van der Waals surface area contributed by atoms with Crippen LogP contribution in [0.5, 0.6) is 5.88 Å². The molecule has 11 nitrogen and oxygen atoms in total. The van der Waals surface area contributed by atoms with Gasteiger partial charge in [-0.3, -0.25) is 0 Å². The van der Waals surface area contributed by atoms with Gasteiger partial charge < -0.3 is 14.8 Å². The summed E-state index contributed by atoms with van der Waals surface area (Å²) in [5.41, 5.74) is 3.91. The molecule has 2 aliphatic carbocycles. The summed E-state index contributed by atoms with van der Waals surface area (Å²) in [4.78, 5) is 13.0. The van der Waals surface area contributed by atoms with Crippen LogP contribution < -0.4 is 15.2 Å². The minimum absolute atomic E-state index is 0.0548. The Kier molecular flexibility index (Phi) is 5.46. The van der Waals surface area contributed by atoms with Gasteiger partial charge in [0.1, 0.15) is 17.4 Å². The van der Waals surface area contributed by atoms with E-state index < -0.39 is 37.0 Å². The van der Waals surface area contributed by atoms with E-state index in [1.165, 1.54) is 18.0 Å². The van der Waals surface area contributed by atoms with Crippen molar-refractivity contribution in [1.29, 1.82) is 0 Å². The molecule has 33 heavy (non-hydrogen) atoms. The summed E-state index contributed by atoms with van der Waals surface area (Å²) in [6, 6.07) is 1.14. The minimum Gasteiger partial charge on any atom is -0.475 e. The molecule has 0 spiro atoms. The number of urea groups is 1. The van der Waals surface area contributed by atoms with Crippen molar-refractivity contribution in [3.8, 4) is 5.88 Å². The lowest BCUT2D eigenvalue weighted by Gasteiger charge is -2.20. The van der Waals surface area contributed by atoms with Gasteiger partial charge in [-0.15, -0.1) is 4.36 Å². The van der Waals surface area contributed by atoms with Crippen LogP contribution in [-0.2, 0) is 50.3 Å². The van der Waals surface area contributed by atoms with E-state index in [0.29, 0.717) is 43.7 Å². The van der Waals surface area contributed by atoms with E-state index in [1.54, 1.807) is 0 Å². The van der Waals surface area contributed by atoms with Crippen molar-refractivity contribution < 1.29 is 26.9 Å². The van der Waals surface area contributed by atoms with Gasteiger partial charge in [-0.1, -0.05) is 6.07 Å². The number of ether oxygens (including phenoxy) is 2. The maximum Gasteiger partial charge on any atom is 0.354 e. The van der Waals surface area contributed by atoms with Crippen molar-refractivity contribution >= 4 is 31.5 Å². The topological polar surface area (TPSA) is 155 Å². The Bertz CT molecular complexity index is 1370. The number of amides is 2. The van der Waals surface area contributed by atoms with Gasteiger partial charge in [-0.2, -0.15) is 5.10 Å². The summed E-state index contributed by atoms with van der Waals surface area (Å²) < 4.78 is 54.4. The number of benzene rings is 1. The molecule has 1 aromatic heterocycles. The fraction of sp³-hybridized carbons (Fsp3) is 0.500. The highest BCUT2D eigenvalue weighted by Gasteiger charge is 2.38. The zero-order chi connectivity index (χ0) is 23.4. The third-order valence-corrected chi connectivity index (χ3v) is 9.56. The first kappa shape index (κ1) is 22.3. The van der Waals surface area contributed by atoms with Gasteiger partial charge in [0.15, 0.2) is 19.8 Å². The standard InChI is InChI=1S/C20H25N5O6S2/c1-30-11-32(27,28)15-6-5-13-9-12-3-2-4-14(12)18(17(13)15)23-20(26)24-33(21,29)16-10-22-25-7-8-31-19(16)25/h9-10,15H,2-8,11H2,1H3,(H3,21,23,24,26,29)/t15-,33-/m1/s1. The second-order valence-corrected chi connectivity index (χ2v) is 12.3. The van der Waals surface area contributed by atoms with Gasteiger partial charge in [-0.25, -0.2) is 27.2 Å². The molecule has 3 N–H and O–H groups in total. The SMILES string of the molecule is COCS(=O)(=O)[C@@H]1CCc2cc3c(c(NC(=O)N=[S@@](N)(=O)c4cnn5c4OCC5)c21)CCC3. The Labute approximate surface area is 191 Å². The zero-order valence-electron chi connectivity index (χ0n) is 18.1. The largest absolute Gasteiger partial charge is 0.475 e. The van der Waals surface area contributed by atoms with Gasteiger partial charge in [0.25, 0.3) is 0 Å². The van der Waals surface area contributed by atoms with E-state index >= 15 is 0 Å². The molecule has 0 saturated heterocycles. The molecule has 0 fully saturated rings. The highest BCUT2D eigenvalue weighted by Crippen LogP contribution is 2.46. The fourth-order valence-electron chi connectivity index (χ4n) is 4.97. The summed E-state index contributed by atoms with van der Waals surface area (Å²) in [6.45, 7) is 0.869. The van der Waals surface area contributed by atoms with Crippen molar-refractivity contribution in [1.82, 2.24) is 9.78 Å². The van der Waals surface area contributed by atoms with Crippen LogP contribution in [-0.4, -0.2) is 48.1 Å². The van der Waals surface area contributed by atoms with Crippen molar-refractivity contribution in [3.05, 3.63) is 34.5 Å². The predicted octanol–water partition coefficient (Wildman–Crippen LogP) is 1.70. The van der Waals surface area contributed by atoms with Crippen molar-refractivity contribution in [3.63, 3.8) is 0 Å². The number of sulfone groups is 1. The second kappa shape index (κ2) is 8.08. The van der Waals surface area contributed by atoms with Crippen LogP contribution in [0.3, 0.4) is 0 Å². The summed E-state index contributed by atoms with van der Waals surface area (Å²) in [5, 5.41) is 11.9. The van der Waals surface area contributed by atoms with Crippen molar-refractivity contribution in [2.24, 2.45) is 9.50 Å². The fourth-order valence-corrected chi connectivity index (χ4v) is 7.57. The number of nitrogens with zero attached hydrogens (tertiary/aromatic N) is 3. The van der Waals surface area contributed by atoms with E-state index in [9.17, 15) is 17.4 Å². The van der Waals surface area contributed by atoms with Gasteiger partial charge in [0.05, 0.1) is 23.7 Å². The molecule has 3 aliphatic rings. The average Bonchev–Trinajstić information content (AvgIpc) is 3.50. The smallest absolute Gasteiger partial charge is 0.354 e. The summed E-state index contributed by atoms with van der Waals surface area (Å²) in [5.74, 6) is -0.165. The highest BCUT2D eigenvalue weighted by atomic mass is 32.2. The number of hydrogen-bond acceptors (Lipinski definition) is 7. The number of anilines is 1. The number of carbonyl (C=O) groups excluding carboxylic acids is 1. The summed E-state index contributed by atoms with van der Waals surface area (Å²) >= 11 is 0. The lowest BCUT2D eigenvalue weighted by Crippen LogP contribution is -2.21. The van der Waals surface area contributed by atoms with E-state index in [2.05, 4.69) is 14.8 Å². The molecular formula is C20H25N5O6S2. The van der Waals surface area contributed by atoms with E-state index in [0.717, 1.165) is 29.5 Å². The lowest BCUT2D eigenvalue weighted by atomic mass is 9.98. The maximum atomic E-state index is 13.1. The number of rotatable bonds is 5. The van der Waals surface area contributed by atoms with Gasteiger partial charge in [-0.05, 0) is 54.4 Å². The number of fused-ring (bicyclic) bond motifs is 3. The normalized spacial score (nSPS) is 20.5. The Morgan fingerprint density at radius 3 is 2.94 bits per heavy atom. The third kappa shape index (κ3) is 3.82. The molecule has 2 amide bonds. The molecule has 5 rings (SSSR count). The number of aryl methyl sites for hydroxylation is 2. The van der Waals surface area contributed by atoms with Crippen molar-refractivity contribution in [2.45, 2.75) is 48.8 Å². The average molecular weight is 496 g/mol. The molecule has 1 aromatic carbocycles. The number of hydrogen-bond donors (Lipinski definition) is 2. The van der Waals surface area contributed by atoms with Gasteiger partial charge >= 0.3 is 6.03 Å². The molecule has 2 heterocycles. The van der Waals surface area contributed by atoms with Crippen LogP contribution in [0.1, 0.15) is 40.3 Å². The predicted molar refractivity (Wildman–Crippen MR) is 120 cm³/mol.